The first-order valence-electron chi connectivity index (χ1n) is 6.71. The van der Waals surface area contributed by atoms with Crippen LogP contribution in [0.15, 0.2) is 24.3 Å². The number of carbonyl (C=O) groups is 2. The molecule has 0 fully saturated rings. The first-order valence-corrected chi connectivity index (χ1v) is 8.56. The Labute approximate surface area is 135 Å². The maximum atomic E-state index is 12.0. The number of hydrogen-bond acceptors (Lipinski definition) is 6. The Bertz CT molecular complexity index is 659. The van der Waals surface area contributed by atoms with Gasteiger partial charge in [-0.15, -0.1) is 0 Å². The van der Waals surface area contributed by atoms with Gasteiger partial charge in [0, 0.05) is 13.7 Å². The van der Waals surface area contributed by atoms with Crippen LogP contribution in [-0.2, 0) is 24.3 Å². The highest BCUT2D eigenvalue weighted by atomic mass is 32.2. The highest BCUT2D eigenvalue weighted by Crippen LogP contribution is 2.19. The SMILES string of the molecule is COCCNC(=O)CN(c1cccc(C(=O)OC)c1)S(C)(=O)=O. The molecule has 0 saturated carbocycles. The van der Waals surface area contributed by atoms with E-state index in [1.54, 1.807) is 0 Å². The molecule has 1 rings (SSSR count). The van der Waals surface area contributed by atoms with Crippen LogP contribution < -0.4 is 9.62 Å². The summed E-state index contributed by atoms with van der Waals surface area (Å²) >= 11 is 0. The number of ether oxygens (including phenoxy) is 2. The lowest BCUT2D eigenvalue weighted by atomic mass is 10.2. The van der Waals surface area contributed by atoms with Crippen LogP contribution in [0.25, 0.3) is 0 Å². The van der Waals surface area contributed by atoms with Gasteiger partial charge in [0.25, 0.3) is 0 Å². The molecule has 0 aliphatic carbocycles. The van der Waals surface area contributed by atoms with E-state index >= 15 is 0 Å². The molecule has 0 bridgehead atoms. The Morgan fingerprint density at radius 3 is 2.52 bits per heavy atom. The first-order chi connectivity index (χ1) is 10.8. The van der Waals surface area contributed by atoms with Crippen molar-refractivity contribution in [2.75, 3.05) is 44.5 Å². The zero-order chi connectivity index (χ0) is 17.5. The average Bonchev–Trinajstić information content (AvgIpc) is 2.51. The number of benzene rings is 1. The van der Waals surface area contributed by atoms with Crippen molar-refractivity contribution in [2.45, 2.75) is 0 Å². The molecule has 8 nitrogen and oxygen atoms in total. The van der Waals surface area contributed by atoms with Crippen molar-refractivity contribution in [3.05, 3.63) is 29.8 Å². The molecule has 1 N–H and O–H groups in total. The molecule has 0 radical (unpaired) electrons. The van der Waals surface area contributed by atoms with E-state index < -0.39 is 28.4 Å². The fraction of sp³-hybridized carbons (Fsp3) is 0.429. The van der Waals surface area contributed by atoms with Crippen molar-refractivity contribution in [2.24, 2.45) is 0 Å². The quantitative estimate of drug-likeness (QED) is 0.526. The molecular formula is C14H20N2O6S. The predicted octanol–water partition coefficient (Wildman–Crippen LogP) is 0.00180. The van der Waals surface area contributed by atoms with Crippen LogP contribution in [0, 0.1) is 0 Å². The molecule has 1 amide bonds. The fourth-order valence-electron chi connectivity index (χ4n) is 1.78. The zero-order valence-corrected chi connectivity index (χ0v) is 14.1. The van der Waals surface area contributed by atoms with Gasteiger partial charge in [-0.3, -0.25) is 9.10 Å². The molecule has 9 heteroatoms. The molecule has 0 aliphatic heterocycles. The van der Waals surface area contributed by atoms with E-state index in [9.17, 15) is 18.0 Å². The second kappa shape index (κ2) is 8.49. The summed E-state index contributed by atoms with van der Waals surface area (Å²) < 4.78 is 34.2. The predicted molar refractivity (Wildman–Crippen MR) is 84.9 cm³/mol. The summed E-state index contributed by atoms with van der Waals surface area (Å²) in [5, 5.41) is 2.54. The number of esters is 1. The smallest absolute Gasteiger partial charge is 0.337 e. The summed E-state index contributed by atoms with van der Waals surface area (Å²) in [6.07, 6.45) is 0.986. The Morgan fingerprint density at radius 1 is 1.26 bits per heavy atom. The van der Waals surface area contributed by atoms with E-state index in [0.717, 1.165) is 10.6 Å². The number of carbonyl (C=O) groups excluding carboxylic acids is 2. The van der Waals surface area contributed by atoms with Crippen LogP contribution in [0.2, 0.25) is 0 Å². The third-order valence-electron chi connectivity index (χ3n) is 2.87. The van der Waals surface area contributed by atoms with Crippen LogP contribution in [0.5, 0.6) is 0 Å². The van der Waals surface area contributed by atoms with Gasteiger partial charge in [-0.2, -0.15) is 0 Å². The molecule has 0 atom stereocenters. The Morgan fingerprint density at radius 2 is 1.96 bits per heavy atom. The Balaban J connectivity index is 3.00. The molecule has 128 valence electrons. The second-order valence-electron chi connectivity index (χ2n) is 4.65. The van der Waals surface area contributed by atoms with Crippen molar-refractivity contribution in [1.82, 2.24) is 5.32 Å². The summed E-state index contributed by atoms with van der Waals surface area (Å²) in [4.78, 5) is 23.4. The lowest BCUT2D eigenvalue weighted by molar-refractivity contribution is -0.119. The highest BCUT2D eigenvalue weighted by Gasteiger charge is 2.21. The van der Waals surface area contributed by atoms with E-state index in [1.165, 1.54) is 38.5 Å². The molecule has 0 aliphatic rings. The number of rotatable bonds is 8. The molecule has 0 aromatic heterocycles. The minimum atomic E-state index is -3.70. The maximum absolute atomic E-state index is 12.0. The lowest BCUT2D eigenvalue weighted by Crippen LogP contribution is -2.41. The standard InChI is InChI=1S/C14H20N2O6S/c1-21-8-7-15-13(17)10-16(23(3,19)20)12-6-4-5-11(9-12)14(18)22-2/h4-6,9H,7-8,10H2,1-3H3,(H,15,17). The number of nitrogens with one attached hydrogen (secondary N) is 1. The summed E-state index contributed by atoms with van der Waals surface area (Å²) in [5.74, 6) is -1.07. The van der Waals surface area contributed by atoms with E-state index in [1.807, 2.05) is 0 Å². The Kier molecular flexibility index (Phi) is 6.98. The lowest BCUT2D eigenvalue weighted by Gasteiger charge is -2.22. The molecule has 0 unspecified atom stereocenters. The molecule has 1 aromatic rings. The topological polar surface area (TPSA) is 102 Å². The fourth-order valence-corrected chi connectivity index (χ4v) is 2.63. The molecule has 0 heterocycles. The van der Waals surface area contributed by atoms with Gasteiger partial charge >= 0.3 is 5.97 Å². The van der Waals surface area contributed by atoms with Crippen LogP contribution >= 0.6 is 0 Å². The molecule has 1 aromatic carbocycles. The number of methoxy groups -OCH3 is 2. The minimum Gasteiger partial charge on any atom is -0.465 e. The van der Waals surface area contributed by atoms with Gasteiger partial charge in [0.15, 0.2) is 0 Å². The largest absolute Gasteiger partial charge is 0.465 e. The third kappa shape index (κ3) is 5.87. The highest BCUT2D eigenvalue weighted by molar-refractivity contribution is 7.92. The van der Waals surface area contributed by atoms with Crippen molar-refractivity contribution in [3.8, 4) is 0 Å². The minimum absolute atomic E-state index is 0.193. The van der Waals surface area contributed by atoms with E-state index in [-0.39, 0.29) is 17.8 Å². The number of anilines is 1. The van der Waals surface area contributed by atoms with Crippen LogP contribution in [0.1, 0.15) is 10.4 Å². The van der Waals surface area contributed by atoms with Crippen molar-refractivity contribution >= 4 is 27.6 Å². The third-order valence-corrected chi connectivity index (χ3v) is 4.01. The van der Waals surface area contributed by atoms with Gasteiger partial charge in [0.2, 0.25) is 15.9 Å². The molecule has 23 heavy (non-hydrogen) atoms. The van der Waals surface area contributed by atoms with E-state index in [2.05, 4.69) is 10.1 Å². The van der Waals surface area contributed by atoms with Crippen LogP contribution in [0.4, 0.5) is 5.69 Å². The number of sulfonamides is 1. The van der Waals surface area contributed by atoms with Gasteiger partial charge in [0.1, 0.15) is 6.54 Å². The van der Waals surface area contributed by atoms with E-state index in [0.29, 0.717) is 6.61 Å². The summed E-state index contributed by atoms with van der Waals surface area (Å²) in [7, 11) is -0.982. The normalized spacial score (nSPS) is 10.9. The van der Waals surface area contributed by atoms with Gasteiger partial charge in [-0.25, -0.2) is 13.2 Å². The number of amides is 1. The summed E-state index contributed by atoms with van der Waals surface area (Å²) in [6.45, 7) is 0.199. The van der Waals surface area contributed by atoms with Crippen LogP contribution in [-0.4, -0.2) is 60.5 Å². The van der Waals surface area contributed by atoms with Gasteiger partial charge < -0.3 is 14.8 Å². The number of nitrogens with zero attached hydrogens (tertiary/aromatic N) is 1. The van der Waals surface area contributed by atoms with Crippen molar-refractivity contribution < 1.29 is 27.5 Å². The average molecular weight is 344 g/mol. The monoisotopic (exact) mass is 344 g/mol. The van der Waals surface area contributed by atoms with Crippen LogP contribution in [0.3, 0.4) is 0 Å². The second-order valence-corrected chi connectivity index (χ2v) is 6.56. The zero-order valence-electron chi connectivity index (χ0n) is 13.2. The first kappa shape index (κ1) is 18.9. The van der Waals surface area contributed by atoms with Crippen molar-refractivity contribution in [3.63, 3.8) is 0 Å². The molecule has 0 spiro atoms. The maximum Gasteiger partial charge on any atom is 0.337 e. The van der Waals surface area contributed by atoms with Gasteiger partial charge in [-0.1, -0.05) is 6.07 Å². The number of hydrogen-bond donors (Lipinski definition) is 1. The summed E-state index contributed by atoms with van der Waals surface area (Å²) in [5.41, 5.74) is 0.399. The molecular weight excluding hydrogens is 324 g/mol. The van der Waals surface area contributed by atoms with E-state index in [4.69, 9.17) is 4.74 Å². The van der Waals surface area contributed by atoms with Gasteiger partial charge in [0.05, 0.1) is 31.2 Å². The molecule has 0 saturated heterocycles. The van der Waals surface area contributed by atoms with Crippen molar-refractivity contribution in [1.29, 1.82) is 0 Å². The Hall–Kier alpha value is -2.13. The summed E-state index contributed by atoms with van der Waals surface area (Å²) in [6, 6.07) is 5.86. The van der Waals surface area contributed by atoms with Gasteiger partial charge in [-0.05, 0) is 18.2 Å².